The molecule has 1 aromatic carbocycles. The van der Waals surface area contributed by atoms with Gasteiger partial charge in [0.1, 0.15) is 30.2 Å². The van der Waals surface area contributed by atoms with Crippen molar-refractivity contribution in [1.82, 2.24) is 15.6 Å². The second-order valence-electron chi connectivity index (χ2n) is 6.55. The van der Waals surface area contributed by atoms with E-state index in [4.69, 9.17) is 10.00 Å². The van der Waals surface area contributed by atoms with Crippen LogP contribution in [-0.2, 0) is 9.63 Å². The molecular formula is C19H25N5O6. The lowest BCUT2D eigenvalue weighted by molar-refractivity contribution is -0.757. The van der Waals surface area contributed by atoms with Gasteiger partial charge >= 0.3 is 0 Å². The number of carbonyl (C=O) groups is 1. The zero-order chi connectivity index (χ0) is 21.8. The number of nitrogens with zero attached hydrogens (tertiary/aromatic N) is 2. The normalized spacial score (nSPS) is 11.6. The molecule has 1 atom stereocenters. The van der Waals surface area contributed by atoms with Crippen LogP contribution >= 0.6 is 0 Å². The zero-order valence-electron chi connectivity index (χ0n) is 16.4. The van der Waals surface area contributed by atoms with Crippen molar-refractivity contribution < 1.29 is 24.6 Å². The van der Waals surface area contributed by atoms with E-state index >= 15 is 0 Å². The van der Waals surface area contributed by atoms with Gasteiger partial charge in [0.25, 0.3) is 5.09 Å². The molecule has 0 saturated carbocycles. The minimum Gasteiger partial charge on any atom is -0.490 e. The van der Waals surface area contributed by atoms with Gasteiger partial charge in [-0.3, -0.25) is 4.79 Å². The molecule has 1 aromatic heterocycles. The Hall–Kier alpha value is -3.36. The molecule has 1 unspecified atom stereocenters. The fourth-order valence-corrected chi connectivity index (χ4v) is 2.73. The molecule has 2 aromatic rings. The summed E-state index contributed by atoms with van der Waals surface area (Å²) in [5.41, 5.74) is 1.23. The van der Waals surface area contributed by atoms with Gasteiger partial charge in [0.15, 0.2) is 0 Å². The number of ether oxygens (including phenoxy) is 1. The highest BCUT2D eigenvalue weighted by molar-refractivity contribution is 5.87. The number of amides is 1. The van der Waals surface area contributed by atoms with Gasteiger partial charge in [-0.05, 0) is 31.0 Å². The van der Waals surface area contributed by atoms with Crippen molar-refractivity contribution in [1.29, 1.82) is 5.26 Å². The quantitative estimate of drug-likeness (QED) is 0.199. The molecule has 11 nitrogen and oxygen atoms in total. The van der Waals surface area contributed by atoms with E-state index in [2.05, 4.69) is 20.5 Å². The number of hydrogen-bond acceptors (Lipinski definition) is 8. The van der Waals surface area contributed by atoms with Gasteiger partial charge in [-0.2, -0.15) is 5.26 Å². The lowest BCUT2D eigenvalue weighted by atomic mass is 10.2. The Balaban J connectivity index is 1.56. The number of carbonyl (C=O) groups excluding carboxylic acids is 1. The summed E-state index contributed by atoms with van der Waals surface area (Å²) in [6.07, 6.45) is 0.474. The molecule has 0 aliphatic heterocycles. The standard InChI is InChI=1S/C19H25N5O6/c20-11-14-10-16-17(23-14)4-3-5-18(16)29-13-15(25)12-21-7-8-22-19(26)6-1-2-9-30-24(27)28/h3-5,10,15,21,23,25H,1-2,6-9,12-13H2,(H,22,26). The Bertz CT molecular complexity index is 878. The van der Waals surface area contributed by atoms with Gasteiger partial charge in [-0.1, -0.05) is 6.07 Å². The Morgan fingerprint density at radius 2 is 2.20 bits per heavy atom. The van der Waals surface area contributed by atoms with Crippen molar-refractivity contribution in [2.24, 2.45) is 0 Å². The molecule has 4 N–H and O–H groups in total. The molecule has 0 radical (unpaired) electrons. The van der Waals surface area contributed by atoms with Crippen LogP contribution < -0.4 is 15.4 Å². The molecule has 0 saturated heterocycles. The minimum atomic E-state index is -0.851. The van der Waals surface area contributed by atoms with Gasteiger partial charge in [0.05, 0.1) is 12.1 Å². The Morgan fingerprint density at radius 1 is 1.37 bits per heavy atom. The molecule has 0 bridgehead atoms. The number of aliphatic hydroxyl groups excluding tert-OH is 1. The molecule has 30 heavy (non-hydrogen) atoms. The van der Waals surface area contributed by atoms with Crippen molar-refractivity contribution in [2.75, 3.05) is 32.8 Å². The second-order valence-corrected chi connectivity index (χ2v) is 6.55. The number of benzene rings is 1. The molecule has 1 heterocycles. The van der Waals surface area contributed by atoms with E-state index < -0.39 is 11.2 Å². The van der Waals surface area contributed by atoms with Crippen LogP contribution in [-0.4, -0.2) is 60.0 Å². The van der Waals surface area contributed by atoms with Crippen LogP contribution in [0.3, 0.4) is 0 Å². The fraction of sp³-hybridized carbons (Fsp3) is 0.474. The largest absolute Gasteiger partial charge is 0.490 e. The summed E-state index contributed by atoms with van der Waals surface area (Å²) in [4.78, 5) is 28.7. The summed E-state index contributed by atoms with van der Waals surface area (Å²) < 4.78 is 5.67. The first-order valence-corrected chi connectivity index (χ1v) is 9.57. The maximum atomic E-state index is 11.6. The summed E-state index contributed by atoms with van der Waals surface area (Å²) in [7, 11) is 0. The number of aromatic amines is 1. The molecule has 0 aliphatic carbocycles. The lowest BCUT2D eigenvalue weighted by Crippen LogP contribution is -2.37. The number of H-pyrrole nitrogens is 1. The zero-order valence-corrected chi connectivity index (χ0v) is 16.4. The third-order valence-corrected chi connectivity index (χ3v) is 4.17. The van der Waals surface area contributed by atoms with Crippen molar-refractivity contribution >= 4 is 16.8 Å². The maximum absolute atomic E-state index is 11.6. The van der Waals surface area contributed by atoms with E-state index in [1.54, 1.807) is 18.2 Å². The van der Waals surface area contributed by atoms with Gasteiger partial charge in [-0.25, -0.2) is 0 Å². The van der Waals surface area contributed by atoms with Gasteiger partial charge in [-0.15, -0.1) is 10.1 Å². The second kappa shape index (κ2) is 12.3. The number of nitriles is 1. The highest BCUT2D eigenvalue weighted by Crippen LogP contribution is 2.26. The van der Waals surface area contributed by atoms with E-state index in [0.29, 0.717) is 43.9 Å². The van der Waals surface area contributed by atoms with Crippen LogP contribution in [0.4, 0.5) is 0 Å². The Kier molecular flexibility index (Phi) is 9.36. The average Bonchev–Trinajstić information content (AvgIpc) is 3.15. The summed E-state index contributed by atoms with van der Waals surface area (Å²) in [5, 5.41) is 34.7. The number of aliphatic hydroxyl groups is 1. The predicted molar refractivity (Wildman–Crippen MR) is 107 cm³/mol. The van der Waals surface area contributed by atoms with Crippen LogP contribution in [0, 0.1) is 21.4 Å². The number of aromatic nitrogens is 1. The average molecular weight is 419 g/mol. The number of nitrogens with one attached hydrogen (secondary N) is 3. The Morgan fingerprint density at radius 3 is 2.97 bits per heavy atom. The van der Waals surface area contributed by atoms with E-state index in [1.807, 2.05) is 12.1 Å². The van der Waals surface area contributed by atoms with Crippen LogP contribution in [0.15, 0.2) is 24.3 Å². The topological polar surface area (TPSA) is 163 Å². The molecular weight excluding hydrogens is 394 g/mol. The van der Waals surface area contributed by atoms with Crippen molar-refractivity contribution in [3.8, 4) is 11.8 Å². The lowest BCUT2D eigenvalue weighted by Gasteiger charge is -2.14. The van der Waals surface area contributed by atoms with Gasteiger partial charge in [0.2, 0.25) is 5.91 Å². The summed E-state index contributed by atoms with van der Waals surface area (Å²) in [5.74, 6) is 0.443. The van der Waals surface area contributed by atoms with Crippen LogP contribution in [0.1, 0.15) is 25.0 Å². The third-order valence-electron chi connectivity index (χ3n) is 4.17. The van der Waals surface area contributed by atoms with E-state index in [9.17, 15) is 20.0 Å². The highest BCUT2D eigenvalue weighted by atomic mass is 16.9. The highest BCUT2D eigenvalue weighted by Gasteiger charge is 2.09. The first-order valence-electron chi connectivity index (χ1n) is 9.57. The monoisotopic (exact) mass is 419 g/mol. The predicted octanol–water partition coefficient (Wildman–Crippen LogP) is 0.864. The number of hydrogen-bond donors (Lipinski definition) is 4. The summed E-state index contributed by atoms with van der Waals surface area (Å²) >= 11 is 0. The van der Waals surface area contributed by atoms with E-state index in [-0.39, 0.29) is 25.5 Å². The van der Waals surface area contributed by atoms with Crippen LogP contribution in [0.25, 0.3) is 10.9 Å². The summed E-state index contributed by atoms with van der Waals surface area (Å²) in [6, 6.07) is 9.17. The molecule has 162 valence electrons. The number of unbranched alkanes of at least 4 members (excludes halogenated alkanes) is 1. The van der Waals surface area contributed by atoms with Gasteiger partial charge in [0, 0.05) is 31.4 Å². The third kappa shape index (κ3) is 7.94. The molecule has 0 fully saturated rings. The molecule has 2 rings (SSSR count). The summed E-state index contributed by atoms with van der Waals surface area (Å²) in [6.45, 7) is 1.24. The number of fused-ring (bicyclic) bond motifs is 1. The number of rotatable bonds is 14. The Labute approximate surface area is 173 Å². The fourth-order valence-electron chi connectivity index (χ4n) is 2.73. The molecule has 1 amide bonds. The first-order chi connectivity index (χ1) is 14.5. The van der Waals surface area contributed by atoms with Gasteiger partial charge < -0.3 is 30.3 Å². The SMILES string of the molecule is N#Cc1cc2c(OCC(O)CNCCNC(=O)CCCCO[N+](=O)[O-])cccc2[nH]1. The molecule has 0 spiro atoms. The maximum Gasteiger partial charge on any atom is 0.294 e. The molecule has 11 heteroatoms. The molecule has 0 aliphatic rings. The minimum absolute atomic E-state index is 0.0140. The van der Waals surface area contributed by atoms with E-state index in [1.165, 1.54) is 0 Å². The smallest absolute Gasteiger partial charge is 0.294 e. The van der Waals surface area contributed by atoms with Crippen molar-refractivity contribution in [3.05, 3.63) is 40.1 Å². The van der Waals surface area contributed by atoms with E-state index in [0.717, 1.165) is 10.9 Å². The van der Waals surface area contributed by atoms with Crippen LogP contribution in [0.5, 0.6) is 5.75 Å². The van der Waals surface area contributed by atoms with Crippen molar-refractivity contribution in [2.45, 2.75) is 25.4 Å². The first kappa shape index (κ1) is 22.9. The van der Waals surface area contributed by atoms with Crippen LogP contribution in [0.2, 0.25) is 0 Å². The van der Waals surface area contributed by atoms with Crippen molar-refractivity contribution in [3.63, 3.8) is 0 Å².